The van der Waals surface area contributed by atoms with E-state index in [0.717, 1.165) is 32.3 Å². The Morgan fingerprint density at radius 2 is 1.76 bits per heavy atom. The van der Waals surface area contributed by atoms with Gasteiger partial charge in [-0.3, -0.25) is 0 Å². The molecule has 0 aliphatic carbocycles. The smallest absolute Gasteiger partial charge is 0.194 e. The maximum Gasteiger partial charge on any atom is 0.194 e. The Hall–Kier alpha value is -1.37. The highest BCUT2D eigenvalue weighted by atomic mass is 79.9. The van der Waals surface area contributed by atoms with E-state index in [9.17, 15) is 13.2 Å². The van der Waals surface area contributed by atoms with E-state index in [-0.39, 0.29) is 5.56 Å². The lowest BCUT2D eigenvalue weighted by molar-refractivity contribution is 0.444. The van der Waals surface area contributed by atoms with Crippen LogP contribution in [0.15, 0.2) is 40.2 Å². The molecule has 0 aliphatic heterocycles. The van der Waals surface area contributed by atoms with E-state index >= 15 is 0 Å². The van der Waals surface area contributed by atoms with Crippen molar-refractivity contribution in [3.63, 3.8) is 0 Å². The largest absolute Gasteiger partial charge is 0.320 e. The molecule has 0 amide bonds. The van der Waals surface area contributed by atoms with Crippen LogP contribution in [0.3, 0.4) is 0 Å². The van der Waals surface area contributed by atoms with Gasteiger partial charge in [-0.2, -0.15) is 0 Å². The second-order valence-electron chi connectivity index (χ2n) is 4.58. The molecule has 2 aromatic carbocycles. The molecular weight excluding hydrogens is 363 g/mol. The first-order valence-corrected chi connectivity index (χ1v) is 7.72. The summed E-state index contributed by atoms with van der Waals surface area (Å²) < 4.78 is 41.7. The van der Waals surface area contributed by atoms with Gasteiger partial charge in [0.2, 0.25) is 0 Å². The first-order valence-electron chi connectivity index (χ1n) is 6.04. The third-order valence-corrected chi connectivity index (χ3v) is 5.25. The predicted molar refractivity (Wildman–Crippen MR) is 81.9 cm³/mol. The van der Waals surface area contributed by atoms with Crippen LogP contribution >= 0.6 is 27.3 Å². The van der Waals surface area contributed by atoms with E-state index in [4.69, 9.17) is 5.73 Å². The minimum absolute atomic E-state index is 0.200. The second kappa shape index (κ2) is 5.44. The quantitative estimate of drug-likeness (QED) is 0.621. The Morgan fingerprint density at radius 3 is 2.43 bits per heavy atom. The van der Waals surface area contributed by atoms with Crippen LogP contribution in [0, 0.1) is 17.5 Å². The second-order valence-corrected chi connectivity index (χ2v) is 6.32. The van der Waals surface area contributed by atoms with Crippen LogP contribution in [0.1, 0.15) is 17.2 Å². The van der Waals surface area contributed by atoms with E-state index in [1.165, 1.54) is 11.3 Å². The van der Waals surface area contributed by atoms with Crippen LogP contribution in [0.4, 0.5) is 13.2 Å². The SMILES string of the molecule is NC(c1cc(F)c(F)c(F)c1)c1csc2c(Br)cccc12. The van der Waals surface area contributed by atoms with Gasteiger partial charge < -0.3 is 5.73 Å². The number of hydrogen-bond donors (Lipinski definition) is 1. The minimum Gasteiger partial charge on any atom is -0.320 e. The third kappa shape index (κ3) is 2.47. The zero-order valence-corrected chi connectivity index (χ0v) is 12.9. The lowest BCUT2D eigenvalue weighted by Crippen LogP contribution is -2.12. The molecule has 21 heavy (non-hydrogen) atoms. The predicted octanol–water partition coefficient (Wildman–Crippen LogP) is 5.13. The molecule has 0 bridgehead atoms. The molecule has 1 unspecified atom stereocenters. The molecule has 6 heteroatoms. The van der Waals surface area contributed by atoms with Crippen molar-refractivity contribution in [2.75, 3.05) is 0 Å². The maximum atomic E-state index is 13.3. The number of benzene rings is 2. The average Bonchev–Trinajstić information content (AvgIpc) is 2.89. The fourth-order valence-corrected chi connectivity index (χ4v) is 3.88. The summed E-state index contributed by atoms with van der Waals surface area (Å²) in [5.74, 6) is -3.95. The van der Waals surface area contributed by atoms with Gasteiger partial charge in [0.25, 0.3) is 0 Å². The van der Waals surface area contributed by atoms with Gasteiger partial charge in [-0.1, -0.05) is 12.1 Å². The molecule has 1 heterocycles. The van der Waals surface area contributed by atoms with Crippen molar-refractivity contribution in [3.8, 4) is 0 Å². The minimum atomic E-state index is -1.48. The van der Waals surface area contributed by atoms with E-state index in [0.29, 0.717) is 0 Å². The van der Waals surface area contributed by atoms with Gasteiger partial charge in [0.15, 0.2) is 17.5 Å². The summed E-state index contributed by atoms with van der Waals surface area (Å²) in [5, 5.41) is 2.76. The summed E-state index contributed by atoms with van der Waals surface area (Å²) in [6, 6.07) is 6.81. The standard InChI is InChI=1S/C15H9BrF3NS/c16-10-3-1-2-8-9(6-21-15(8)10)14(20)7-4-11(17)13(19)12(18)5-7/h1-6,14H,20H2. The zero-order chi connectivity index (χ0) is 15.1. The summed E-state index contributed by atoms with van der Waals surface area (Å²) in [5.41, 5.74) is 7.05. The van der Waals surface area contributed by atoms with Gasteiger partial charge in [0.1, 0.15) is 0 Å². The Bertz CT molecular complexity index is 808. The van der Waals surface area contributed by atoms with Crippen molar-refractivity contribution in [1.29, 1.82) is 0 Å². The lowest BCUT2D eigenvalue weighted by Gasteiger charge is -2.12. The van der Waals surface area contributed by atoms with Crippen molar-refractivity contribution in [2.24, 2.45) is 5.73 Å². The van der Waals surface area contributed by atoms with Crippen LogP contribution in [0.25, 0.3) is 10.1 Å². The van der Waals surface area contributed by atoms with E-state index in [2.05, 4.69) is 15.9 Å². The fourth-order valence-electron chi connectivity index (χ4n) is 2.22. The number of hydrogen-bond acceptors (Lipinski definition) is 2. The molecule has 0 spiro atoms. The van der Waals surface area contributed by atoms with Gasteiger partial charge in [-0.05, 0) is 56.0 Å². The van der Waals surface area contributed by atoms with Crippen LogP contribution in [0.5, 0.6) is 0 Å². The molecule has 1 nitrogen and oxygen atoms in total. The van der Waals surface area contributed by atoms with Gasteiger partial charge in [-0.25, -0.2) is 13.2 Å². The van der Waals surface area contributed by atoms with E-state index < -0.39 is 23.5 Å². The van der Waals surface area contributed by atoms with E-state index in [1.54, 1.807) is 0 Å². The van der Waals surface area contributed by atoms with Crippen LogP contribution < -0.4 is 5.73 Å². The molecule has 3 rings (SSSR count). The Kier molecular flexibility index (Phi) is 3.77. The first kappa shape index (κ1) is 14.6. The fraction of sp³-hybridized carbons (Fsp3) is 0.0667. The zero-order valence-electron chi connectivity index (χ0n) is 10.5. The van der Waals surface area contributed by atoms with Gasteiger partial charge in [-0.15, -0.1) is 11.3 Å². The highest BCUT2D eigenvalue weighted by Crippen LogP contribution is 2.36. The molecule has 0 saturated heterocycles. The lowest BCUT2D eigenvalue weighted by atomic mass is 9.99. The molecule has 2 N–H and O–H groups in total. The summed E-state index contributed by atoms with van der Waals surface area (Å²) in [6.07, 6.45) is 0. The summed E-state index contributed by atoms with van der Waals surface area (Å²) in [6.45, 7) is 0. The van der Waals surface area contributed by atoms with Gasteiger partial charge in [0.05, 0.1) is 6.04 Å². The Labute approximate surface area is 131 Å². The molecule has 0 radical (unpaired) electrons. The third-order valence-electron chi connectivity index (χ3n) is 3.28. The van der Waals surface area contributed by atoms with Gasteiger partial charge in [0, 0.05) is 9.17 Å². The number of rotatable bonds is 2. The van der Waals surface area contributed by atoms with Crippen LogP contribution in [0.2, 0.25) is 0 Å². The molecule has 108 valence electrons. The monoisotopic (exact) mass is 371 g/mol. The molecule has 0 aliphatic rings. The van der Waals surface area contributed by atoms with E-state index in [1.807, 2.05) is 23.6 Å². The number of thiophene rings is 1. The molecule has 3 aromatic rings. The highest BCUT2D eigenvalue weighted by molar-refractivity contribution is 9.10. The number of halogens is 4. The van der Waals surface area contributed by atoms with Crippen molar-refractivity contribution in [3.05, 3.63) is 68.8 Å². The van der Waals surface area contributed by atoms with Crippen molar-refractivity contribution < 1.29 is 13.2 Å². The van der Waals surface area contributed by atoms with Crippen LogP contribution in [-0.4, -0.2) is 0 Å². The Morgan fingerprint density at radius 1 is 1.10 bits per heavy atom. The summed E-state index contributed by atoms with van der Waals surface area (Å²) in [4.78, 5) is 0. The summed E-state index contributed by atoms with van der Waals surface area (Å²) in [7, 11) is 0. The normalized spacial score (nSPS) is 12.8. The molecule has 1 atom stereocenters. The van der Waals surface area contributed by atoms with Crippen LogP contribution in [-0.2, 0) is 0 Å². The average molecular weight is 372 g/mol. The van der Waals surface area contributed by atoms with Crippen molar-refractivity contribution in [1.82, 2.24) is 0 Å². The molecular formula is C15H9BrF3NS. The molecule has 1 aromatic heterocycles. The highest BCUT2D eigenvalue weighted by Gasteiger charge is 2.19. The molecule has 0 fully saturated rings. The number of nitrogens with two attached hydrogens (primary N) is 1. The van der Waals surface area contributed by atoms with Gasteiger partial charge >= 0.3 is 0 Å². The maximum absolute atomic E-state index is 13.3. The topological polar surface area (TPSA) is 26.0 Å². The van der Waals surface area contributed by atoms with Crippen molar-refractivity contribution >= 4 is 37.4 Å². The summed E-state index contributed by atoms with van der Waals surface area (Å²) >= 11 is 4.93. The first-order chi connectivity index (χ1) is 9.99. The number of fused-ring (bicyclic) bond motifs is 1. The Balaban J connectivity index is 2.13. The molecule has 0 saturated carbocycles. The van der Waals surface area contributed by atoms with Crippen molar-refractivity contribution in [2.45, 2.75) is 6.04 Å².